The van der Waals surface area contributed by atoms with E-state index in [4.69, 9.17) is 4.74 Å². The van der Waals surface area contributed by atoms with Gasteiger partial charge in [0, 0.05) is 24.8 Å². The smallest absolute Gasteiger partial charge is 0.233 e. The minimum absolute atomic E-state index is 0.0490. The van der Waals surface area contributed by atoms with Crippen LogP contribution in [-0.2, 0) is 25.5 Å². The molecule has 2 N–H and O–H groups in total. The van der Waals surface area contributed by atoms with Gasteiger partial charge < -0.3 is 10.1 Å². The average Bonchev–Trinajstić information content (AvgIpc) is 2.76. The number of hydroxylamine groups is 2. The summed E-state index contributed by atoms with van der Waals surface area (Å²) in [6.07, 6.45) is 2.50. The molecule has 0 fully saturated rings. The fraction of sp³-hybridized carbons (Fsp3) is 0.654. The van der Waals surface area contributed by atoms with E-state index in [1.165, 1.54) is 5.56 Å². The number of nitrogens with one attached hydrogen (secondary N) is 1. The first-order valence-electron chi connectivity index (χ1n) is 11.9. The van der Waals surface area contributed by atoms with Gasteiger partial charge >= 0.3 is 0 Å². The molecule has 3 atom stereocenters. The number of carbonyl (C=O) groups is 3. The molecule has 33 heavy (non-hydrogen) atoms. The van der Waals surface area contributed by atoms with E-state index >= 15 is 0 Å². The van der Waals surface area contributed by atoms with Crippen LogP contribution in [0.3, 0.4) is 0 Å². The average molecular weight is 463 g/mol. The first-order chi connectivity index (χ1) is 15.5. The van der Waals surface area contributed by atoms with Gasteiger partial charge in [-0.1, -0.05) is 51.1 Å². The van der Waals surface area contributed by atoms with E-state index in [-0.39, 0.29) is 24.2 Å². The highest BCUT2D eigenvalue weighted by Crippen LogP contribution is 2.32. The molecule has 0 unspecified atom stereocenters. The molecule has 0 spiro atoms. The number of aryl methyl sites for hydroxylation is 1. The van der Waals surface area contributed by atoms with Gasteiger partial charge in [0.2, 0.25) is 12.3 Å². The Kier molecular flexibility index (Phi) is 12.3. The third-order valence-corrected chi connectivity index (χ3v) is 5.96. The van der Waals surface area contributed by atoms with E-state index in [1.54, 1.807) is 6.92 Å². The van der Waals surface area contributed by atoms with Crippen molar-refractivity contribution < 1.29 is 24.3 Å². The van der Waals surface area contributed by atoms with Gasteiger partial charge in [-0.2, -0.15) is 0 Å². The zero-order valence-corrected chi connectivity index (χ0v) is 21.0. The highest BCUT2D eigenvalue weighted by Gasteiger charge is 2.37. The van der Waals surface area contributed by atoms with Crippen molar-refractivity contribution in [1.82, 2.24) is 10.4 Å². The Morgan fingerprint density at radius 3 is 2.33 bits per heavy atom. The Hall–Kier alpha value is -2.25. The van der Waals surface area contributed by atoms with Gasteiger partial charge in [-0.05, 0) is 51.0 Å². The summed E-state index contributed by atoms with van der Waals surface area (Å²) in [5.41, 5.74) is 0.739. The normalized spacial score (nSPS) is 14.4. The molecule has 7 nitrogen and oxygen atoms in total. The van der Waals surface area contributed by atoms with Crippen LogP contribution in [0.2, 0.25) is 0 Å². The lowest BCUT2D eigenvalue weighted by Gasteiger charge is -2.32. The second-order valence-corrected chi connectivity index (χ2v) is 10.0. The molecule has 0 bridgehead atoms. The number of nitrogens with zero attached hydrogens (tertiary/aromatic N) is 1. The minimum Gasteiger partial charge on any atom is -0.377 e. The molecular weight excluding hydrogens is 420 g/mol. The molecule has 1 rings (SSSR count). The maximum atomic E-state index is 13.4. The van der Waals surface area contributed by atoms with Crippen molar-refractivity contribution in [3.8, 4) is 0 Å². The van der Waals surface area contributed by atoms with Crippen molar-refractivity contribution in [2.75, 3.05) is 13.2 Å². The lowest BCUT2D eigenvalue weighted by atomic mass is 9.74. The van der Waals surface area contributed by atoms with Crippen molar-refractivity contribution in [1.29, 1.82) is 0 Å². The summed E-state index contributed by atoms with van der Waals surface area (Å²) in [5.74, 6) is -1.40. The molecule has 0 radical (unpaired) electrons. The van der Waals surface area contributed by atoms with Crippen LogP contribution in [-0.4, -0.2) is 53.7 Å². The molecule has 0 aliphatic carbocycles. The number of ether oxygens (including phenoxy) is 1. The van der Waals surface area contributed by atoms with Crippen molar-refractivity contribution >= 4 is 18.1 Å². The van der Waals surface area contributed by atoms with E-state index < -0.39 is 23.3 Å². The van der Waals surface area contributed by atoms with E-state index in [9.17, 15) is 19.6 Å². The first-order valence-corrected chi connectivity index (χ1v) is 11.9. The second-order valence-electron chi connectivity index (χ2n) is 10.0. The lowest BCUT2D eigenvalue weighted by Crippen LogP contribution is -2.44. The molecule has 2 amide bonds. The third-order valence-electron chi connectivity index (χ3n) is 5.96. The van der Waals surface area contributed by atoms with Crippen LogP contribution in [0, 0.1) is 17.3 Å². The summed E-state index contributed by atoms with van der Waals surface area (Å²) < 4.78 is 5.48. The molecule has 7 heteroatoms. The number of ketones is 1. The zero-order valence-electron chi connectivity index (χ0n) is 21.0. The fourth-order valence-corrected chi connectivity index (χ4v) is 3.86. The summed E-state index contributed by atoms with van der Waals surface area (Å²) in [4.78, 5) is 37.4. The number of benzene rings is 1. The molecule has 0 aliphatic rings. The largest absolute Gasteiger partial charge is 0.377 e. The van der Waals surface area contributed by atoms with E-state index in [0.717, 1.165) is 12.8 Å². The standard InChI is InChI=1S/C26H42N2O5/c1-19(2)33-16-15-27-25(31)23(26(4,5)6)17-24(30)22(20(3)28(32)18-29)14-10-13-21-11-8-7-9-12-21/h7-9,11-12,18-20,22-23,32H,10,13-17H2,1-6H3,(H,27,31)/t20-,22+,23+/m0/s1. The van der Waals surface area contributed by atoms with Crippen molar-refractivity contribution in [3.05, 3.63) is 35.9 Å². The van der Waals surface area contributed by atoms with Crippen LogP contribution >= 0.6 is 0 Å². The molecule has 0 heterocycles. The molecule has 0 aromatic heterocycles. The van der Waals surface area contributed by atoms with Crippen molar-refractivity contribution in [2.24, 2.45) is 17.3 Å². The molecular formula is C26H42N2O5. The summed E-state index contributed by atoms with van der Waals surface area (Å²) in [5, 5.41) is 13.4. The van der Waals surface area contributed by atoms with Crippen LogP contribution in [0.4, 0.5) is 0 Å². The van der Waals surface area contributed by atoms with Crippen molar-refractivity contribution in [3.63, 3.8) is 0 Å². The molecule has 1 aromatic rings. The second kappa shape index (κ2) is 14.1. The van der Waals surface area contributed by atoms with Crippen LogP contribution in [0.1, 0.15) is 66.4 Å². The number of hydrogen-bond donors (Lipinski definition) is 2. The maximum absolute atomic E-state index is 13.4. The first kappa shape index (κ1) is 28.8. The summed E-state index contributed by atoms with van der Waals surface area (Å²) in [7, 11) is 0. The molecule has 0 aliphatic heterocycles. The Bertz CT molecular complexity index is 730. The van der Waals surface area contributed by atoms with Crippen molar-refractivity contribution in [2.45, 2.75) is 79.4 Å². The fourth-order valence-electron chi connectivity index (χ4n) is 3.86. The monoisotopic (exact) mass is 462 g/mol. The number of rotatable bonds is 15. The van der Waals surface area contributed by atoms with Gasteiger partial charge in [-0.25, -0.2) is 5.06 Å². The zero-order chi connectivity index (χ0) is 25.0. The Morgan fingerprint density at radius 2 is 1.79 bits per heavy atom. The predicted octanol–water partition coefficient (Wildman–Crippen LogP) is 4.02. The van der Waals surface area contributed by atoms with Crippen LogP contribution in [0.25, 0.3) is 0 Å². The minimum atomic E-state index is -0.672. The number of amides is 2. The SMILES string of the molecule is CC(C)OCCNC(=O)[C@@H](CC(=O)[C@H](CCCc1ccccc1)[C@H](C)N(O)C=O)C(C)(C)C. The topological polar surface area (TPSA) is 95.9 Å². The Labute approximate surface area is 198 Å². The van der Waals surface area contributed by atoms with Crippen LogP contribution in [0.5, 0.6) is 0 Å². The third kappa shape index (κ3) is 10.5. The Balaban J connectivity index is 2.87. The predicted molar refractivity (Wildman–Crippen MR) is 129 cm³/mol. The highest BCUT2D eigenvalue weighted by molar-refractivity contribution is 5.89. The summed E-state index contributed by atoms with van der Waals surface area (Å²) in [6, 6.07) is 9.30. The molecule has 186 valence electrons. The summed E-state index contributed by atoms with van der Waals surface area (Å²) >= 11 is 0. The number of hydrogen-bond acceptors (Lipinski definition) is 5. The van der Waals surface area contributed by atoms with Crippen LogP contribution in [0.15, 0.2) is 30.3 Å². The van der Waals surface area contributed by atoms with Gasteiger partial charge in [0.25, 0.3) is 0 Å². The van der Waals surface area contributed by atoms with Gasteiger partial charge in [-0.3, -0.25) is 19.6 Å². The van der Waals surface area contributed by atoms with Gasteiger partial charge in [-0.15, -0.1) is 0 Å². The van der Waals surface area contributed by atoms with Gasteiger partial charge in [0.15, 0.2) is 0 Å². The maximum Gasteiger partial charge on any atom is 0.233 e. The lowest BCUT2D eigenvalue weighted by molar-refractivity contribution is -0.166. The van der Waals surface area contributed by atoms with E-state index in [2.05, 4.69) is 5.32 Å². The van der Waals surface area contributed by atoms with Gasteiger partial charge in [0.1, 0.15) is 5.78 Å². The molecule has 0 saturated carbocycles. The molecule has 1 aromatic carbocycles. The Morgan fingerprint density at radius 1 is 1.15 bits per heavy atom. The number of carbonyl (C=O) groups excluding carboxylic acids is 3. The van der Waals surface area contributed by atoms with E-state index in [0.29, 0.717) is 31.0 Å². The van der Waals surface area contributed by atoms with Gasteiger partial charge in [0.05, 0.1) is 18.8 Å². The van der Waals surface area contributed by atoms with Crippen LogP contribution < -0.4 is 5.32 Å². The quantitative estimate of drug-likeness (QED) is 0.178. The molecule has 0 saturated heterocycles. The summed E-state index contributed by atoms with van der Waals surface area (Å²) in [6.45, 7) is 12.1. The highest BCUT2D eigenvalue weighted by atomic mass is 16.5. The number of Topliss-reactive ketones (excluding diaryl/α,β-unsaturated/α-hetero) is 1. The van der Waals surface area contributed by atoms with E-state index in [1.807, 2.05) is 65.0 Å².